The van der Waals surface area contributed by atoms with Gasteiger partial charge >= 0.3 is 6.09 Å². The molecule has 0 heterocycles. The minimum Gasteiger partial charge on any atom is -0.493 e. The fraction of sp³-hybridized carbons (Fsp3) is 0.294. The van der Waals surface area contributed by atoms with Gasteiger partial charge in [0.05, 0.1) is 13.2 Å². The summed E-state index contributed by atoms with van der Waals surface area (Å²) in [4.78, 5) is 22.6. The Morgan fingerprint density at radius 2 is 1.83 bits per heavy atom. The second-order valence-corrected chi connectivity index (χ2v) is 4.82. The van der Waals surface area contributed by atoms with Gasteiger partial charge in [0.15, 0.2) is 0 Å². The summed E-state index contributed by atoms with van der Waals surface area (Å²) in [6, 6.07) is 13.8. The first-order chi connectivity index (χ1) is 11.2. The van der Waals surface area contributed by atoms with Crippen molar-refractivity contribution >= 4 is 22.8 Å². The van der Waals surface area contributed by atoms with Crippen LogP contribution < -0.4 is 15.6 Å². The standard InChI is InChI=1S/C17H20N2O4/c1-2-22-17(21)19-18-16(20)11-6-12-23-15-10-5-8-13-7-3-4-9-14(13)15/h3-5,7-10H,2,6,11-12H2,1H3,(H,18,20)(H,19,21). The van der Waals surface area contributed by atoms with E-state index in [9.17, 15) is 9.59 Å². The van der Waals surface area contributed by atoms with E-state index >= 15 is 0 Å². The lowest BCUT2D eigenvalue weighted by atomic mass is 10.1. The Hall–Kier alpha value is -2.76. The van der Waals surface area contributed by atoms with Crippen LogP contribution in [0.1, 0.15) is 19.8 Å². The zero-order valence-corrected chi connectivity index (χ0v) is 13.0. The van der Waals surface area contributed by atoms with Gasteiger partial charge in [0.25, 0.3) is 0 Å². The minimum absolute atomic E-state index is 0.247. The molecular weight excluding hydrogens is 296 g/mol. The Labute approximate surface area is 134 Å². The van der Waals surface area contributed by atoms with Gasteiger partial charge in [-0.25, -0.2) is 10.2 Å². The maximum atomic E-state index is 11.5. The van der Waals surface area contributed by atoms with Crippen LogP contribution in [0.5, 0.6) is 5.75 Å². The Morgan fingerprint density at radius 1 is 1.04 bits per heavy atom. The van der Waals surface area contributed by atoms with Crippen LogP contribution in [0.25, 0.3) is 10.8 Å². The molecule has 0 aliphatic carbocycles. The smallest absolute Gasteiger partial charge is 0.426 e. The molecule has 0 aromatic heterocycles. The van der Waals surface area contributed by atoms with Gasteiger partial charge in [-0.05, 0) is 24.8 Å². The predicted octanol–water partition coefficient (Wildman–Crippen LogP) is 2.78. The van der Waals surface area contributed by atoms with E-state index in [4.69, 9.17) is 4.74 Å². The van der Waals surface area contributed by atoms with Gasteiger partial charge in [0, 0.05) is 11.8 Å². The molecule has 2 aromatic carbocycles. The van der Waals surface area contributed by atoms with E-state index in [1.165, 1.54) is 0 Å². The van der Waals surface area contributed by atoms with Crippen LogP contribution in [-0.2, 0) is 9.53 Å². The number of benzene rings is 2. The number of fused-ring (bicyclic) bond motifs is 1. The SMILES string of the molecule is CCOC(=O)NNC(=O)CCCOc1cccc2ccccc12. The summed E-state index contributed by atoms with van der Waals surface area (Å²) in [5, 5.41) is 2.16. The lowest BCUT2D eigenvalue weighted by Crippen LogP contribution is -2.41. The highest BCUT2D eigenvalue weighted by Crippen LogP contribution is 2.25. The Bertz CT molecular complexity index is 667. The lowest BCUT2D eigenvalue weighted by Gasteiger charge is -2.10. The Kier molecular flexibility index (Phi) is 6.23. The maximum Gasteiger partial charge on any atom is 0.426 e. The minimum atomic E-state index is -0.673. The van der Waals surface area contributed by atoms with Crippen molar-refractivity contribution in [3.8, 4) is 5.75 Å². The molecule has 0 radical (unpaired) electrons. The highest BCUT2D eigenvalue weighted by molar-refractivity contribution is 5.88. The van der Waals surface area contributed by atoms with Gasteiger partial charge in [-0.3, -0.25) is 10.2 Å². The summed E-state index contributed by atoms with van der Waals surface area (Å²) in [5.41, 5.74) is 4.44. The lowest BCUT2D eigenvalue weighted by molar-refractivity contribution is -0.122. The monoisotopic (exact) mass is 316 g/mol. The van der Waals surface area contributed by atoms with Crippen molar-refractivity contribution in [3.63, 3.8) is 0 Å². The average molecular weight is 316 g/mol. The van der Waals surface area contributed by atoms with E-state index in [0.717, 1.165) is 16.5 Å². The van der Waals surface area contributed by atoms with Crippen LogP contribution in [0, 0.1) is 0 Å². The topological polar surface area (TPSA) is 76.7 Å². The first-order valence-corrected chi connectivity index (χ1v) is 7.53. The van der Waals surface area contributed by atoms with Gasteiger partial charge in [-0.15, -0.1) is 0 Å². The second-order valence-electron chi connectivity index (χ2n) is 4.82. The van der Waals surface area contributed by atoms with Crippen LogP contribution in [0.2, 0.25) is 0 Å². The molecule has 2 rings (SSSR count). The van der Waals surface area contributed by atoms with Gasteiger partial charge < -0.3 is 9.47 Å². The molecule has 2 N–H and O–H groups in total. The van der Waals surface area contributed by atoms with Crippen LogP contribution in [0.3, 0.4) is 0 Å². The molecule has 23 heavy (non-hydrogen) atoms. The maximum absolute atomic E-state index is 11.5. The highest BCUT2D eigenvalue weighted by Gasteiger charge is 2.05. The largest absolute Gasteiger partial charge is 0.493 e. The summed E-state index contributed by atoms with van der Waals surface area (Å²) in [6.07, 6.45) is 0.115. The van der Waals surface area contributed by atoms with Crippen LogP contribution in [0.15, 0.2) is 42.5 Å². The fourth-order valence-electron chi connectivity index (χ4n) is 2.09. The summed E-state index contributed by atoms with van der Waals surface area (Å²) in [7, 11) is 0. The zero-order valence-electron chi connectivity index (χ0n) is 13.0. The van der Waals surface area contributed by atoms with Gasteiger partial charge in [-0.1, -0.05) is 36.4 Å². The summed E-state index contributed by atoms with van der Waals surface area (Å²) >= 11 is 0. The molecule has 6 heteroatoms. The predicted molar refractivity (Wildman–Crippen MR) is 87.0 cm³/mol. The molecule has 0 bridgehead atoms. The molecule has 0 aliphatic rings. The van der Waals surface area contributed by atoms with E-state index < -0.39 is 6.09 Å². The number of carbonyl (C=O) groups excluding carboxylic acids is 2. The van der Waals surface area contributed by atoms with Gasteiger partial charge in [0.1, 0.15) is 5.75 Å². The summed E-state index contributed by atoms with van der Waals surface area (Å²) < 4.78 is 10.4. The van der Waals surface area contributed by atoms with E-state index in [0.29, 0.717) is 13.0 Å². The number of amides is 2. The third-order valence-corrected chi connectivity index (χ3v) is 3.13. The van der Waals surface area contributed by atoms with Crippen molar-refractivity contribution in [2.75, 3.05) is 13.2 Å². The quantitative estimate of drug-likeness (QED) is 0.634. The first kappa shape index (κ1) is 16.6. The van der Waals surface area contributed by atoms with Crippen LogP contribution >= 0.6 is 0 Å². The average Bonchev–Trinajstić information content (AvgIpc) is 2.57. The zero-order chi connectivity index (χ0) is 16.5. The summed E-state index contributed by atoms with van der Waals surface area (Å²) in [6.45, 7) is 2.35. The molecule has 2 amide bonds. The van der Waals surface area contributed by atoms with Crippen molar-refractivity contribution in [1.82, 2.24) is 10.9 Å². The molecule has 0 saturated carbocycles. The summed E-state index contributed by atoms with van der Waals surface area (Å²) in [5.74, 6) is 0.507. The molecule has 6 nitrogen and oxygen atoms in total. The van der Waals surface area contributed by atoms with Crippen molar-refractivity contribution in [2.24, 2.45) is 0 Å². The normalized spacial score (nSPS) is 10.1. The molecule has 0 spiro atoms. The van der Waals surface area contributed by atoms with E-state index in [1.54, 1.807) is 6.92 Å². The molecule has 0 fully saturated rings. The number of hydrogen-bond donors (Lipinski definition) is 2. The molecular formula is C17H20N2O4. The van der Waals surface area contributed by atoms with Crippen molar-refractivity contribution in [1.29, 1.82) is 0 Å². The van der Waals surface area contributed by atoms with E-state index in [2.05, 4.69) is 15.6 Å². The second kappa shape index (κ2) is 8.63. The number of hydrogen-bond acceptors (Lipinski definition) is 4. The van der Waals surface area contributed by atoms with Gasteiger partial charge in [-0.2, -0.15) is 0 Å². The Morgan fingerprint density at radius 3 is 2.65 bits per heavy atom. The molecule has 0 saturated heterocycles. The molecule has 122 valence electrons. The number of rotatable bonds is 6. The Balaban J connectivity index is 1.72. The van der Waals surface area contributed by atoms with Crippen LogP contribution in [0.4, 0.5) is 4.79 Å². The molecule has 2 aromatic rings. The van der Waals surface area contributed by atoms with Gasteiger partial charge in [0.2, 0.25) is 5.91 Å². The number of ether oxygens (including phenoxy) is 2. The first-order valence-electron chi connectivity index (χ1n) is 7.53. The number of nitrogens with one attached hydrogen (secondary N) is 2. The third-order valence-electron chi connectivity index (χ3n) is 3.13. The van der Waals surface area contributed by atoms with Crippen LogP contribution in [-0.4, -0.2) is 25.2 Å². The van der Waals surface area contributed by atoms with Crippen molar-refractivity contribution < 1.29 is 19.1 Å². The van der Waals surface area contributed by atoms with E-state index in [-0.39, 0.29) is 18.9 Å². The molecule has 0 atom stereocenters. The highest BCUT2D eigenvalue weighted by atomic mass is 16.6. The number of carbonyl (C=O) groups is 2. The van der Waals surface area contributed by atoms with Crippen molar-refractivity contribution in [2.45, 2.75) is 19.8 Å². The molecule has 0 unspecified atom stereocenters. The number of hydrazine groups is 1. The third kappa shape index (κ3) is 5.18. The molecule has 0 aliphatic heterocycles. The van der Waals surface area contributed by atoms with Crippen molar-refractivity contribution in [3.05, 3.63) is 42.5 Å². The van der Waals surface area contributed by atoms with E-state index in [1.807, 2.05) is 42.5 Å². The fourth-order valence-corrected chi connectivity index (χ4v) is 2.09.